The summed E-state index contributed by atoms with van der Waals surface area (Å²) in [6.45, 7) is 4.21. The number of hydrogen-bond acceptors (Lipinski definition) is 4. The van der Waals surface area contributed by atoms with Crippen molar-refractivity contribution >= 4 is 11.8 Å². The molecule has 0 saturated carbocycles. The highest BCUT2D eigenvalue weighted by Crippen LogP contribution is 2.24. The second kappa shape index (κ2) is 6.10. The van der Waals surface area contributed by atoms with Gasteiger partial charge in [-0.25, -0.2) is 4.98 Å². The second-order valence-corrected chi connectivity index (χ2v) is 5.09. The standard InChI is InChI=1S/C11H18N2OS/c1-8(2)11(12)9(7-14)15-10-5-3-4-6-13-10/h3-6,8-9,11,14H,7,12H2,1-2H3. The Labute approximate surface area is 95.1 Å². The molecule has 0 saturated heterocycles. The highest BCUT2D eigenvalue weighted by atomic mass is 32.2. The number of pyridine rings is 1. The quantitative estimate of drug-likeness (QED) is 0.747. The molecule has 2 atom stereocenters. The molecule has 0 spiro atoms. The van der Waals surface area contributed by atoms with Crippen LogP contribution in [0.1, 0.15) is 13.8 Å². The number of thioether (sulfide) groups is 1. The lowest BCUT2D eigenvalue weighted by atomic mass is 10.0. The van der Waals surface area contributed by atoms with Crippen molar-refractivity contribution in [3.63, 3.8) is 0 Å². The van der Waals surface area contributed by atoms with E-state index in [1.807, 2.05) is 18.2 Å². The van der Waals surface area contributed by atoms with Crippen molar-refractivity contribution in [2.24, 2.45) is 11.7 Å². The molecule has 1 aromatic rings. The lowest BCUT2D eigenvalue weighted by molar-refractivity contribution is 0.269. The van der Waals surface area contributed by atoms with Gasteiger partial charge in [-0.1, -0.05) is 31.7 Å². The fourth-order valence-corrected chi connectivity index (χ4v) is 2.37. The van der Waals surface area contributed by atoms with Crippen LogP contribution in [0.25, 0.3) is 0 Å². The van der Waals surface area contributed by atoms with Crippen molar-refractivity contribution in [2.45, 2.75) is 30.2 Å². The molecule has 3 nitrogen and oxygen atoms in total. The summed E-state index contributed by atoms with van der Waals surface area (Å²) in [5, 5.41) is 10.2. The molecule has 84 valence electrons. The molecule has 1 aromatic heterocycles. The Morgan fingerprint density at radius 2 is 2.20 bits per heavy atom. The summed E-state index contributed by atoms with van der Waals surface area (Å²) >= 11 is 1.54. The van der Waals surface area contributed by atoms with Crippen molar-refractivity contribution in [1.29, 1.82) is 0 Å². The Bertz CT molecular complexity index is 279. The molecular weight excluding hydrogens is 208 g/mol. The van der Waals surface area contributed by atoms with E-state index in [4.69, 9.17) is 5.73 Å². The average Bonchev–Trinajstić information content (AvgIpc) is 2.26. The molecule has 0 aliphatic rings. The maximum atomic E-state index is 9.28. The molecule has 0 bridgehead atoms. The van der Waals surface area contributed by atoms with Crippen LogP contribution >= 0.6 is 11.8 Å². The van der Waals surface area contributed by atoms with Gasteiger partial charge < -0.3 is 10.8 Å². The van der Waals surface area contributed by atoms with E-state index in [1.54, 1.807) is 6.20 Å². The Balaban J connectivity index is 2.62. The van der Waals surface area contributed by atoms with Crippen LogP contribution in [0.4, 0.5) is 0 Å². The van der Waals surface area contributed by atoms with E-state index in [9.17, 15) is 5.11 Å². The Kier molecular flexibility index (Phi) is 5.08. The van der Waals surface area contributed by atoms with Gasteiger partial charge >= 0.3 is 0 Å². The Hall–Kier alpha value is -0.580. The predicted molar refractivity (Wildman–Crippen MR) is 63.8 cm³/mol. The minimum atomic E-state index is -0.0120. The SMILES string of the molecule is CC(C)C(N)C(CO)Sc1ccccn1. The highest BCUT2D eigenvalue weighted by molar-refractivity contribution is 7.99. The third-order valence-electron chi connectivity index (χ3n) is 2.29. The van der Waals surface area contributed by atoms with Crippen molar-refractivity contribution in [3.8, 4) is 0 Å². The zero-order chi connectivity index (χ0) is 11.3. The summed E-state index contributed by atoms with van der Waals surface area (Å²) in [6.07, 6.45) is 1.75. The van der Waals surface area contributed by atoms with E-state index in [-0.39, 0.29) is 17.9 Å². The summed E-state index contributed by atoms with van der Waals surface area (Å²) in [5.74, 6) is 0.360. The zero-order valence-corrected chi connectivity index (χ0v) is 9.95. The monoisotopic (exact) mass is 226 g/mol. The number of nitrogens with zero attached hydrogens (tertiary/aromatic N) is 1. The average molecular weight is 226 g/mol. The molecule has 0 aromatic carbocycles. The van der Waals surface area contributed by atoms with Gasteiger partial charge in [0.2, 0.25) is 0 Å². The molecule has 0 aliphatic carbocycles. The van der Waals surface area contributed by atoms with Crippen LogP contribution in [0.5, 0.6) is 0 Å². The molecule has 0 amide bonds. The van der Waals surface area contributed by atoms with Crippen molar-refractivity contribution in [2.75, 3.05) is 6.61 Å². The number of aliphatic hydroxyl groups excluding tert-OH is 1. The van der Waals surface area contributed by atoms with Gasteiger partial charge in [-0.2, -0.15) is 0 Å². The Morgan fingerprint density at radius 1 is 1.47 bits per heavy atom. The van der Waals surface area contributed by atoms with E-state index in [0.717, 1.165) is 5.03 Å². The first kappa shape index (κ1) is 12.5. The first-order valence-corrected chi connectivity index (χ1v) is 5.97. The molecular formula is C11H18N2OS. The van der Waals surface area contributed by atoms with Crippen LogP contribution in [0, 0.1) is 5.92 Å². The first-order chi connectivity index (χ1) is 7.15. The molecule has 0 aliphatic heterocycles. The van der Waals surface area contributed by atoms with E-state index >= 15 is 0 Å². The smallest absolute Gasteiger partial charge is 0.0963 e. The van der Waals surface area contributed by atoms with Gasteiger partial charge in [0.1, 0.15) is 0 Å². The van der Waals surface area contributed by atoms with Crippen LogP contribution in [0.3, 0.4) is 0 Å². The summed E-state index contributed by atoms with van der Waals surface area (Å²) < 4.78 is 0. The minimum Gasteiger partial charge on any atom is -0.395 e. The van der Waals surface area contributed by atoms with Crippen LogP contribution in [0.15, 0.2) is 29.4 Å². The van der Waals surface area contributed by atoms with Gasteiger partial charge in [-0.3, -0.25) is 0 Å². The van der Waals surface area contributed by atoms with E-state index in [0.29, 0.717) is 5.92 Å². The third kappa shape index (κ3) is 3.81. The van der Waals surface area contributed by atoms with Crippen molar-refractivity contribution in [1.82, 2.24) is 4.98 Å². The lowest BCUT2D eigenvalue weighted by Crippen LogP contribution is -2.39. The maximum Gasteiger partial charge on any atom is 0.0963 e. The minimum absolute atomic E-state index is 0.0120. The van der Waals surface area contributed by atoms with Gasteiger partial charge in [0.05, 0.1) is 11.6 Å². The van der Waals surface area contributed by atoms with Crippen molar-refractivity contribution in [3.05, 3.63) is 24.4 Å². The molecule has 3 N–H and O–H groups in total. The van der Waals surface area contributed by atoms with Crippen molar-refractivity contribution < 1.29 is 5.11 Å². The van der Waals surface area contributed by atoms with E-state index < -0.39 is 0 Å². The molecule has 1 rings (SSSR count). The number of aromatic nitrogens is 1. The van der Waals surface area contributed by atoms with Gasteiger partial charge in [0.15, 0.2) is 0 Å². The number of rotatable bonds is 5. The molecule has 1 heterocycles. The lowest BCUT2D eigenvalue weighted by Gasteiger charge is -2.24. The van der Waals surface area contributed by atoms with Gasteiger partial charge in [-0.05, 0) is 18.1 Å². The van der Waals surface area contributed by atoms with Crippen LogP contribution in [-0.4, -0.2) is 28.0 Å². The zero-order valence-electron chi connectivity index (χ0n) is 9.13. The molecule has 0 radical (unpaired) electrons. The molecule has 4 heteroatoms. The number of nitrogens with two attached hydrogens (primary N) is 1. The Morgan fingerprint density at radius 3 is 2.67 bits per heavy atom. The molecule has 2 unspecified atom stereocenters. The van der Waals surface area contributed by atoms with E-state index in [1.165, 1.54) is 11.8 Å². The number of hydrogen-bond donors (Lipinski definition) is 2. The summed E-state index contributed by atoms with van der Waals surface area (Å²) in [7, 11) is 0. The summed E-state index contributed by atoms with van der Waals surface area (Å²) in [6, 6.07) is 5.73. The van der Waals surface area contributed by atoms with E-state index in [2.05, 4.69) is 18.8 Å². The first-order valence-electron chi connectivity index (χ1n) is 5.09. The predicted octanol–water partition coefficient (Wildman–Crippen LogP) is 1.52. The number of aliphatic hydroxyl groups is 1. The van der Waals surface area contributed by atoms with Crippen LogP contribution < -0.4 is 5.73 Å². The van der Waals surface area contributed by atoms with Crippen LogP contribution in [0.2, 0.25) is 0 Å². The van der Waals surface area contributed by atoms with Gasteiger partial charge in [-0.15, -0.1) is 0 Å². The van der Waals surface area contributed by atoms with Gasteiger partial charge in [0, 0.05) is 17.5 Å². The second-order valence-electron chi connectivity index (χ2n) is 3.83. The van der Waals surface area contributed by atoms with Crippen LogP contribution in [-0.2, 0) is 0 Å². The third-order valence-corrected chi connectivity index (χ3v) is 3.54. The molecule has 15 heavy (non-hydrogen) atoms. The molecule has 0 fully saturated rings. The maximum absolute atomic E-state index is 9.28. The summed E-state index contributed by atoms with van der Waals surface area (Å²) in [4.78, 5) is 4.20. The highest BCUT2D eigenvalue weighted by Gasteiger charge is 2.21. The fourth-order valence-electron chi connectivity index (χ4n) is 1.24. The normalized spacial score (nSPS) is 15.3. The van der Waals surface area contributed by atoms with Gasteiger partial charge in [0.25, 0.3) is 0 Å². The topological polar surface area (TPSA) is 59.1 Å². The largest absolute Gasteiger partial charge is 0.395 e. The summed E-state index contributed by atoms with van der Waals surface area (Å²) in [5.41, 5.74) is 6.01. The fraction of sp³-hybridized carbons (Fsp3) is 0.545.